The molecule has 1 amide bonds. The smallest absolute Gasteiger partial charge is 0.407 e. The van der Waals surface area contributed by atoms with Crippen LogP contribution in [0, 0.1) is 23.1 Å². The molecular formula is C46H52F4N6O4Si. The minimum atomic E-state index is -2.32. The molecule has 4 aromatic rings. The van der Waals surface area contributed by atoms with Crippen LogP contribution in [0.2, 0.25) is 16.6 Å². The topological polar surface area (TPSA) is 104 Å². The second-order valence-corrected chi connectivity index (χ2v) is 24.2. The van der Waals surface area contributed by atoms with Crippen molar-refractivity contribution < 1.29 is 36.9 Å². The number of rotatable bonds is 7. The summed E-state index contributed by atoms with van der Waals surface area (Å²) in [4.78, 5) is 32.6. The van der Waals surface area contributed by atoms with Crippen molar-refractivity contribution in [3.8, 4) is 34.6 Å². The molecule has 2 aromatic carbocycles. The van der Waals surface area contributed by atoms with Crippen LogP contribution in [0.15, 0.2) is 42.0 Å². The van der Waals surface area contributed by atoms with Crippen molar-refractivity contribution in [1.82, 2.24) is 24.8 Å². The number of pyridine rings is 1. The third-order valence-electron chi connectivity index (χ3n) is 14.6. The molecule has 4 saturated heterocycles. The number of piperazine rings is 1. The number of hydrogen-bond acceptors (Lipinski definition) is 8. The normalized spacial score (nSPS) is 24.7. The van der Waals surface area contributed by atoms with E-state index in [1.165, 1.54) is 11.0 Å². The number of anilines is 1. The molecule has 7 heterocycles. The third kappa shape index (κ3) is 6.45. The molecule has 0 saturated carbocycles. The van der Waals surface area contributed by atoms with Gasteiger partial charge in [-0.25, -0.2) is 18.6 Å². The Bertz CT molecular complexity index is 2530. The van der Waals surface area contributed by atoms with Crippen LogP contribution >= 0.6 is 0 Å². The van der Waals surface area contributed by atoms with E-state index < -0.39 is 55.6 Å². The Morgan fingerprint density at radius 2 is 1.79 bits per heavy atom. The zero-order chi connectivity index (χ0) is 43.3. The molecule has 4 fully saturated rings. The first-order valence-electron chi connectivity index (χ1n) is 21.6. The number of halogens is 4. The lowest BCUT2D eigenvalue weighted by atomic mass is 9.94. The lowest BCUT2D eigenvalue weighted by Crippen LogP contribution is -2.64. The number of hydrogen-bond donors (Lipinski definition) is 1. The lowest BCUT2D eigenvalue weighted by Gasteiger charge is -2.47. The second-order valence-electron chi connectivity index (χ2n) is 18.6. The summed E-state index contributed by atoms with van der Waals surface area (Å²) in [6, 6.07) is 6.93. The number of ether oxygens (including phenoxy) is 2. The van der Waals surface area contributed by atoms with Gasteiger partial charge in [0.25, 0.3) is 6.08 Å². The highest BCUT2D eigenvalue weighted by Crippen LogP contribution is 2.48. The Kier molecular flexibility index (Phi) is 10.3. The molecule has 0 radical (unpaired) electrons. The van der Waals surface area contributed by atoms with Gasteiger partial charge in [0.1, 0.15) is 49.0 Å². The van der Waals surface area contributed by atoms with E-state index in [2.05, 4.69) is 53.0 Å². The highest BCUT2D eigenvalue weighted by atomic mass is 28.3. The minimum absolute atomic E-state index is 0.00802. The Morgan fingerprint density at radius 1 is 1.03 bits per heavy atom. The summed E-state index contributed by atoms with van der Waals surface area (Å²) in [5.74, 6) is 2.35. The fraction of sp³-hybridized carbons (Fsp3) is 0.522. The zero-order valence-corrected chi connectivity index (χ0v) is 36.7. The summed E-state index contributed by atoms with van der Waals surface area (Å²) in [6.07, 6.45) is -0.465. The monoisotopic (exact) mass is 856 g/mol. The number of nitrogens with zero attached hydrogens (tertiary/aromatic N) is 6. The van der Waals surface area contributed by atoms with Gasteiger partial charge in [0.15, 0.2) is 5.82 Å². The van der Waals surface area contributed by atoms with Crippen LogP contribution in [-0.2, 0) is 0 Å². The summed E-state index contributed by atoms with van der Waals surface area (Å²) >= 11 is 0. The van der Waals surface area contributed by atoms with Crippen LogP contribution in [0.5, 0.6) is 11.9 Å². The van der Waals surface area contributed by atoms with Crippen molar-refractivity contribution in [2.45, 2.75) is 127 Å². The zero-order valence-electron chi connectivity index (χ0n) is 35.7. The fourth-order valence-electron chi connectivity index (χ4n) is 11.9. The molecule has 0 spiro atoms. The molecular weight excluding hydrogens is 805 g/mol. The summed E-state index contributed by atoms with van der Waals surface area (Å²) in [6.45, 7) is 16.1. The first-order chi connectivity index (χ1) is 29.1. The maximum absolute atomic E-state index is 17.8. The van der Waals surface area contributed by atoms with Crippen LogP contribution in [0.4, 0.5) is 28.2 Å². The molecule has 61 heavy (non-hydrogen) atoms. The maximum Gasteiger partial charge on any atom is 0.407 e. The van der Waals surface area contributed by atoms with Crippen LogP contribution in [0.3, 0.4) is 0 Å². The van der Waals surface area contributed by atoms with Gasteiger partial charge in [-0.3, -0.25) is 9.80 Å². The van der Waals surface area contributed by atoms with Crippen molar-refractivity contribution in [3.05, 3.63) is 59.2 Å². The molecule has 5 aliphatic heterocycles. The van der Waals surface area contributed by atoms with Crippen molar-refractivity contribution in [3.63, 3.8) is 0 Å². The Morgan fingerprint density at radius 3 is 2.49 bits per heavy atom. The number of benzene rings is 2. The Hall–Kier alpha value is -4.94. The summed E-state index contributed by atoms with van der Waals surface area (Å²) in [5.41, 5.74) is 4.16. The number of amides is 1. The van der Waals surface area contributed by atoms with E-state index in [4.69, 9.17) is 24.4 Å². The van der Waals surface area contributed by atoms with E-state index in [0.717, 1.165) is 6.42 Å². The van der Waals surface area contributed by atoms with Gasteiger partial charge in [0.2, 0.25) is 5.88 Å². The first kappa shape index (κ1) is 41.4. The standard InChI is InChI=1S/C46H52F4N6O4Si/c1-24(2)61(25(3)4,26(5)6)19-16-31-33(47)14-12-28-10-8-11-32(35(28)31)38-37(48)39-36-42(53-44(52-39)59-23-46-17-9-18-54(46)21-29(20-46)41(49)50)55-22-30-13-15-34(56(30)45(57)58)40(55)27(7)60-43(36)51-38/h8,10-12,14,24-27,30,34,40H,9,13,15,17-18,20-23H2,1-7H3,(H,57,58). The molecule has 322 valence electrons. The van der Waals surface area contributed by atoms with E-state index in [1.807, 2.05) is 22.8 Å². The van der Waals surface area contributed by atoms with E-state index in [9.17, 15) is 18.7 Å². The van der Waals surface area contributed by atoms with Gasteiger partial charge >= 0.3 is 12.1 Å². The molecule has 15 heteroatoms. The highest BCUT2D eigenvalue weighted by Gasteiger charge is 2.54. The second kappa shape index (κ2) is 15.1. The number of carboxylic acid groups (broad SMARTS) is 1. The summed E-state index contributed by atoms with van der Waals surface area (Å²) in [7, 11) is -2.32. The van der Waals surface area contributed by atoms with Crippen LogP contribution < -0.4 is 14.4 Å². The Balaban J connectivity index is 1.24. The number of fused-ring (bicyclic) bond motifs is 7. The largest absolute Gasteiger partial charge is 0.472 e. The van der Waals surface area contributed by atoms with E-state index in [0.29, 0.717) is 64.6 Å². The number of carbonyl (C=O) groups is 1. The van der Waals surface area contributed by atoms with Crippen LogP contribution in [0.1, 0.15) is 86.1 Å². The van der Waals surface area contributed by atoms with E-state index in [1.54, 1.807) is 18.2 Å². The Labute approximate surface area is 354 Å². The minimum Gasteiger partial charge on any atom is -0.472 e. The number of aromatic nitrogens is 3. The third-order valence-corrected chi connectivity index (χ3v) is 20.9. The van der Waals surface area contributed by atoms with Crippen molar-refractivity contribution in [1.29, 1.82) is 0 Å². The molecule has 5 aliphatic rings. The van der Waals surface area contributed by atoms with Gasteiger partial charge in [-0.2, -0.15) is 18.7 Å². The van der Waals surface area contributed by atoms with E-state index >= 15 is 8.78 Å². The van der Waals surface area contributed by atoms with Crippen molar-refractivity contribution >= 4 is 41.7 Å². The van der Waals surface area contributed by atoms with Gasteiger partial charge in [-0.05, 0) is 73.6 Å². The van der Waals surface area contributed by atoms with Gasteiger partial charge in [0.05, 0.1) is 29.2 Å². The SMILES string of the molecule is CC1Oc2nc(-c3cccc4ccc(F)c(C#C[Si](C(C)C)(C(C)C)C(C)C)c34)c(F)c3nc(OCC45CCCN4CC(=C(F)F)C5)nc(c23)N2CC3CCC(C12)N3C(=O)O. The van der Waals surface area contributed by atoms with Crippen molar-refractivity contribution in [2.75, 3.05) is 31.1 Å². The fourth-order valence-corrected chi connectivity index (χ4v) is 17.1. The summed E-state index contributed by atoms with van der Waals surface area (Å²) in [5, 5.41) is 11.6. The van der Waals surface area contributed by atoms with Crippen LogP contribution in [-0.4, -0.2) is 100 Å². The lowest BCUT2D eigenvalue weighted by molar-refractivity contribution is 0.0706. The predicted octanol–water partition coefficient (Wildman–Crippen LogP) is 9.94. The van der Waals surface area contributed by atoms with Gasteiger partial charge in [0, 0.05) is 29.6 Å². The molecule has 5 atom stereocenters. The molecule has 1 N–H and O–H groups in total. The average Bonchev–Trinajstić information content (AvgIpc) is 3.85. The molecule has 2 aromatic heterocycles. The van der Waals surface area contributed by atoms with Gasteiger partial charge in [-0.15, -0.1) is 5.54 Å². The summed E-state index contributed by atoms with van der Waals surface area (Å²) < 4.78 is 74.9. The van der Waals surface area contributed by atoms with E-state index in [-0.39, 0.29) is 71.8 Å². The maximum atomic E-state index is 17.8. The van der Waals surface area contributed by atoms with Crippen LogP contribution in [0.25, 0.3) is 32.9 Å². The quantitative estimate of drug-likeness (QED) is 0.111. The first-order valence-corrected chi connectivity index (χ1v) is 23.8. The van der Waals surface area contributed by atoms with Gasteiger partial charge in [-0.1, -0.05) is 71.7 Å². The molecule has 9 rings (SSSR count). The highest BCUT2D eigenvalue weighted by molar-refractivity contribution is 6.90. The molecule has 10 nitrogen and oxygen atoms in total. The van der Waals surface area contributed by atoms with Crippen molar-refractivity contribution in [2.24, 2.45) is 0 Å². The molecule has 0 aliphatic carbocycles. The average molecular weight is 857 g/mol. The molecule has 5 unspecified atom stereocenters. The van der Waals surface area contributed by atoms with Gasteiger partial charge < -0.3 is 19.5 Å². The molecule has 2 bridgehead atoms. The predicted molar refractivity (Wildman–Crippen MR) is 229 cm³/mol.